The molecule has 0 bridgehead atoms. The van der Waals surface area contributed by atoms with Gasteiger partial charge >= 0.3 is 0 Å². The lowest BCUT2D eigenvalue weighted by atomic mass is 9.93. The van der Waals surface area contributed by atoms with Crippen molar-refractivity contribution in [2.45, 2.75) is 33.4 Å². The van der Waals surface area contributed by atoms with E-state index in [2.05, 4.69) is 0 Å². The van der Waals surface area contributed by atoms with Gasteiger partial charge in [-0.1, -0.05) is 42.5 Å². The van der Waals surface area contributed by atoms with Crippen molar-refractivity contribution < 1.29 is 4.79 Å². The van der Waals surface area contributed by atoms with Crippen LogP contribution in [0, 0.1) is 5.41 Å². The third-order valence-corrected chi connectivity index (χ3v) is 5.90. The largest absolute Gasteiger partial charge is 0.328 e. The molecule has 0 saturated heterocycles. The quantitative estimate of drug-likeness (QED) is 0.568. The van der Waals surface area contributed by atoms with E-state index >= 15 is 0 Å². The molecule has 29 heavy (non-hydrogen) atoms. The molecule has 0 N–H and O–H groups in total. The maximum Gasteiger partial charge on any atom is 0.261 e. The highest BCUT2D eigenvalue weighted by Gasteiger charge is 2.35. The van der Waals surface area contributed by atoms with Gasteiger partial charge in [0, 0.05) is 19.5 Å². The number of nitrogens with zero attached hydrogens (tertiary/aromatic N) is 3. The SMILES string of the molecule is CC(c1nc2ccccc2c(=O)n1C)N(Cc1ccccc1)C(=O)C(C)(C)CCl. The van der Waals surface area contributed by atoms with Crippen LogP contribution in [0.4, 0.5) is 0 Å². The molecule has 1 amide bonds. The first-order valence-electron chi connectivity index (χ1n) is 9.63. The summed E-state index contributed by atoms with van der Waals surface area (Å²) < 4.78 is 1.53. The average Bonchev–Trinajstić information content (AvgIpc) is 2.74. The lowest BCUT2D eigenvalue weighted by molar-refractivity contribution is -0.142. The molecule has 5 nitrogen and oxygen atoms in total. The van der Waals surface area contributed by atoms with Crippen LogP contribution < -0.4 is 5.56 Å². The van der Waals surface area contributed by atoms with E-state index in [-0.39, 0.29) is 17.3 Å². The van der Waals surface area contributed by atoms with Crippen LogP contribution in [0.1, 0.15) is 38.2 Å². The Morgan fingerprint density at radius 3 is 2.41 bits per heavy atom. The number of aromatic nitrogens is 2. The van der Waals surface area contributed by atoms with E-state index in [1.807, 2.05) is 69.3 Å². The second kappa shape index (κ2) is 8.37. The zero-order valence-electron chi connectivity index (χ0n) is 17.2. The smallest absolute Gasteiger partial charge is 0.261 e. The van der Waals surface area contributed by atoms with Gasteiger partial charge in [-0.3, -0.25) is 14.2 Å². The Hall–Kier alpha value is -2.66. The van der Waals surface area contributed by atoms with Gasteiger partial charge in [0.05, 0.1) is 22.4 Å². The molecule has 0 spiro atoms. The van der Waals surface area contributed by atoms with Gasteiger partial charge in [0.25, 0.3) is 5.56 Å². The second-order valence-electron chi connectivity index (χ2n) is 7.96. The summed E-state index contributed by atoms with van der Waals surface area (Å²) in [6.45, 7) is 5.98. The highest BCUT2D eigenvalue weighted by atomic mass is 35.5. The standard InChI is InChI=1S/C23H26ClN3O2/c1-16(20-25-19-13-9-8-12-18(19)21(28)26(20)4)27(22(29)23(2,3)15-24)14-17-10-6-5-7-11-17/h5-13,16H,14-15H2,1-4H3. The number of hydrogen-bond donors (Lipinski definition) is 0. The van der Waals surface area contributed by atoms with Crippen molar-refractivity contribution in [3.8, 4) is 0 Å². The van der Waals surface area contributed by atoms with Crippen LogP contribution in [0.3, 0.4) is 0 Å². The first-order chi connectivity index (χ1) is 13.8. The zero-order chi connectivity index (χ0) is 21.2. The summed E-state index contributed by atoms with van der Waals surface area (Å²) in [6.07, 6.45) is 0. The Balaban J connectivity index is 2.10. The normalized spacial score (nSPS) is 12.7. The molecule has 0 aliphatic carbocycles. The minimum Gasteiger partial charge on any atom is -0.328 e. The van der Waals surface area contributed by atoms with E-state index in [9.17, 15) is 9.59 Å². The first kappa shape index (κ1) is 21.1. The second-order valence-corrected chi connectivity index (χ2v) is 8.23. The van der Waals surface area contributed by atoms with E-state index < -0.39 is 11.5 Å². The summed E-state index contributed by atoms with van der Waals surface area (Å²) in [4.78, 5) is 32.7. The van der Waals surface area contributed by atoms with Gasteiger partial charge in [-0.15, -0.1) is 11.6 Å². The van der Waals surface area contributed by atoms with E-state index in [1.54, 1.807) is 18.0 Å². The highest BCUT2D eigenvalue weighted by Crippen LogP contribution is 2.29. The zero-order valence-corrected chi connectivity index (χ0v) is 18.0. The Labute approximate surface area is 175 Å². The Morgan fingerprint density at radius 1 is 1.14 bits per heavy atom. The van der Waals surface area contributed by atoms with Crippen LogP contribution >= 0.6 is 11.6 Å². The fraction of sp³-hybridized carbons (Fsp3) is 0.348. The summed E-state index contributed by atoms with van der Waals surface area (Å²) >= 11 is 6.10. The topological polar surface area (TPSA) is 55.2 Å². The minimum atomic E-state index is -0.736. The molecule has 0 radical (unpaired) electrons. The highest BCUT2D eigenvalue weighted by molar-refractivity contribution is 6.19. The van der Waals surface area contributed by atoms with Crippen LogP contribution in [-0.4, -0.2) is 26.2 Å². The fourth-order valence-electron chi connectivity index (χ4n) is 3.36. The molecule has 0 saturated carbocycles. The molecule has 0 aliphatic rings. The number of amides is 1. The minimum absolute atomic E-state index is 0.0775. The van der Waals surface area contributed by atoms with Gasteiger partial charge in [-0.25, -0.2) is 4.98 Å². The lowest BCUT2D eigenvalue weighted by Gasteiger charge is -2.35. The van der Waals surface area contributed by atoms with Crippen LogP contribution in [0.25, 0.3) is 10.9 Å². The molecule has 3 aromatic rings. The van der Waals surface area contributed by atoms with Crippen molar-refractivity contribution >= 4 is 28.4 Å². The number of carbonyl (C=O) groups excluding carboxylic acids is 1. The van der Waals surface area contributed by atoms with E-state index in [4.69, 9.17) is 16.6 Å². The summed E-state index contributed by atoms with van der Waals surface area (Å²) in [5.74, 6) is 0.670. The molecular weight excluding hydrogens is 386 g/mol. The summed E-state index contributed by atoms with van der Waals surface area (Å²) in [5.41, 5.74) is 0.770. The van der Waals surface area contributed by atoms with Gasteiger partial charge in [-0.2, -0.15) is 0 Å². The molecule has 1 aromatic heterocycles. The van der Waals surface area contributed by atoms with Crippen molar-refractivity contribution in [1.29, 1.82) is 0 Å². The van der Waals surface area contributed by atoms with Crippen molar-refractivity contribution in [3.05, 3.63) is 76.3 Å². The van der Waals surface area contributed by atoms with Gasteiger partial charge in [0.2, 0.25) is 5.91 Å². The molecule has 6 heteroatoms. The van der Waals surface area contributed by atoms with Crippen LogP contribution in [0.2, 0.25) is 0 Å². The first-order valence-corrected chi connectivity index (χ1v) is 10.2. The Morgan fingerprint density at radius 2 is 1.76 bits per heavy atom. The molecule has 0 aliphatic heterocycles. The molecule has 2 aromatic carbocycles. The molecule has 1 unspecified atom stereocenters. The summed E-state index contributed by atoms with van der Waals surface area (Å²) in [6, 6.07) is 16.6. The Kier molecular flexibility index (Phi) is 6.08. The summed E-state index contributed by atoms with van der Waals surface area (Å²) in [7, 11) is 1.70. The van der Waals surface area contributed by atoms with E-state index in [1.165, 1.54) is 4.57 Å². The van der Waals surface area contributed by atoms with Crippen molar-refractivity contribution in [3.63, 3.8) is 0 Å². The summed E-state index contributed by atoms with van der Waals surface area (Å²) in [5, 5.41) is 0.563. The lowest BCUT2D eigenvalue weighted by Crippen LogP contribution is -2.44. The third kappa shape index (κ3) is 4.20. The third-order valence-electron chi connectivity index (χ3n) is 5.23. The predicted octanol–water partition coefficient (Wildman–Crippen LogP) is 4.29. The van der Waals surface area contributed by atoms with Crippen LogP contribution in [0.5, 0.6) is 0 Å². The monoisotopic (exact) mass is 411 g/mol. The molecule has 0 fully saturated rings. The van der Waals surface area contributed by atoms with Crippen molar-refractivity contribution in [2.24, 2.45) is 12.5 Å². The number of hydrogen-bond acceptors (Lipinski definition) is 3. The maximum atomic E-state index is 13.4. The predicted molar refractivity (Wildman–Crippen MR) is 117 cm³/mol. The number of rotatable bonds is 6. The molecule has 3 rings (SSSR count). The van der Waals surface area contributed by atoms with Crippen molar-refractivity contribution in [2.75, 3.05) is 5.88 Å². The van der Waals surface area contributed by atoms with Gasteiger partial charge in [-0.05, 0) is 38.5 Å². The number of fused-ring (bicyclic) bond motifs is 1. The number of alkyl halides is 1. The maximum absolute atomic E-state index is 13.4. The van der Waals surface area contributed by atoms with Crippen LogP contribution in [-0.2, 0) is 18.4 Å². The Bertz CT molecular complexity index is 1080. The van der Waals surface area contributed by atoms with Gasteiger partial charge in [0.1, 0.15) is 5.82 Å². The molecular formula is C23H26ClN3O2. The van der Waals surface area contributed by atoms with Gasteiger partial charge in [0.15, 0.2) is 0 Å². The van der Waals surface area contributed by atoms with E-state index in [0.717, 1.165) is 5.56 Å². The molecule has 1 atom stereocenters. The average molecular weight is 412 g/mol. The number of para-hydroxylation sites is 1. The van der Waals surface area contributed by atoms with Crippen LogP contribution in [0.15, 0.2) is 59.4 Å². The fourth-order valence-corrected chi connectivity index (χ4v) is 3.47. The molecule has 152 valence electrons. The number of carbonyl (C=O) groups is 1. The van der Waals surface area contributed by atoms with Crippen molar-refractivity contribution in [1.82, 2.24) is 14.5 Å². The number of halogens is 1. The molecule has 1 heterocycles. The van der Waals surface area contributed by atoms with Gasteiger partial charge < -0.3 is 4.90 Å². The van der Waals surface area contributed by atoms with E-state index in [0.29, 0.717) is 23.3 Å². The number of benzene rings is 2.